The highest BCUT2D eigenvalue weighted by molar-refractivity contribution is 8.00. The second kappa shape index (κ2) is 7.70. The molecule has 0 aromatic heterocycles. The number of carbonyl (C=O) groups is 1. The van der Waals surface area contributed by atoms with Gasteiger partial charge in [-0.25, -0.2) is 0 Å². The lowest BCUT2D eigenvalue weighted by Gasteiger charge is -2.25. The Kier molecular flexibility index (Phi) is 5.38. The molecule has 25 heavy (non-hydrogen) atoms. The number of ether oxygens (including phenoxy) is 3. The fraction of sp³-hybridized carbons (Fsp3) is 0.316. The third-order valence-electron chi connectivity index (χ3n) is 4.19. The molecule has 1 amide bonds. The molecule has 6 heteroatoms. The molecule has 1 heterocycles. The van der Waals surface area contributed by atoms with Crippen LogP contribution >= 0.6 is 11.8 Å². The Hall–Kier alpha value is -2.34. The van der Waals surface area contributed by atoms with Crippen molar-refractivity contribution in [3.05, 3.63) is 53.6 Å². The molecule has 0 saturated carbocycles. The Morgan fingerprint density at radius 3 is 2.44 bits per heavy atom. The maximum Gasteiger partial charge on any atom is 0.234 e. The molecule has 0 aliphatic carbocycles. The maximum absolute atomic E-state index is 12.4. The molecule has 2 aromatic carbocycles. The van der Waals surface area contributed by atoms with Crippen LogP contribution in [0.2, 0.25) is 0 Å². The molecule has 1 saturated heterocycles. The van der Waals surface area contributed by atoms with Gasteiger partial charge in [-0.1, -0.05) is 24.3 Å². The van der Waals surface area contributed by atoms with Crippen molar-refractivity contribution in [2.75, 3.05) is 27.1 Å². The Balaban J connectivity index is 1.89. The number of carbonyl (C=O) groups excluding carboxylic acids is 1. The topological polar surface area (TPSA) is 48.0 Å². The Morgan fingerprint density at radius 2 is 1.72 bits per heavy atom. The summed E-state index contributed by atoms with van der Waals surface area (Å²) in [4.78, 5) is 14.3. The van der Waals surface area contributed by atoms with Crippen molar-refractivity contribution in [1.82, 2.24) is 4.90 Å². The number of amides is 1. The van der Waals surface area contributed by atoms with Crippen molar-refractivity contribution < 1.29 is 19.0 Å². The normalized spacial score (nSPS) is 16.8. The molecule has 1 aliphatic rings. The Morgan fingerprint density at radius 1 is 1.00 bits per heavy atom. The van der Waals surface area contributed by atoms with Crippen LogP contribution in [-0.2, 0) is 11.3 Å². The largest absolute Gasteiger partial charge is 0.496 e. The highest BCUT2D eigenvalue weighted by atomic mass is 32.2. The van der Waals surface area contributed by atoms with Crippen LogP contribution in [0.3, 0.4) is 0 Å². The van der Waals surface area contributed by atoms with Crippen molar-refractivity contribution >= 4 is 17.7 Å². The molecule has 0 spiro atoms. The fourth-order valence-electron chi connectivity index (χ4n) is 2.92. The van der Waals surface area contributed by atoms with Crippen molar-refractivity contribution in [3.8, 4) is 17.2 Å². The first-order valence-electron chi connectivity index (χ1n) is 7.92. The molecule has 3 rings (SSSR count). The van der Waals surface area contributed by atoms with Crippen molar-refractivity contribution in [3.63, 3.8) is 0 Å². The summed E-state index contributed by atoms with van der Waals surface area (Å²) in [5.74, 6) is 2.72. The zero-order valence-electron chi connectivity index (χ0n) is 14.5. The van der Waals surface area contributed by atoms with Crippen molar-refractivity contribution in [2.24, 2.45) is 0 Å². The number of thioether (sulfide) groups is 1. The summed E-state index contributed by atoms with van der Waals surface area (Å²) in [5, 5.41) is -0.0581. The molecule has 1 unspecified atom stereocenters. The molecule has 1 aliphatic heterocycles. The molecule has 132 valence electrons. The maximum atomic E-state index is 12.4. The summed E-state index contributed by atoms with van der Waals surface area (Å²) in [7, 11) is 4.87. The van der Waals surface area contributed by atoms with Crippen LogP contribution in [0, 0.1) is 0 Å². The Labute approximate surface area is 151 Å². The molecule has 0 radical (unpaired) electrons. The van der Waals surface area contributed by atoms with Crippen molar-refractivity contribution in [2.45, 2.75) is 11.9 Å². The SMILES string of the molecule is COc1ccccc1CN1C(=O)CSC1c1ccc(OC)c(OC)c1. The monoisotopic (exact) mass is 359 g/mol. The average Bonchev–Trinajstić information content (AvgIpc) is 3.02. The number of para-hydroxylation sites is 1. The molecule has 2 aromatic rings. The third kappa shape index (κ3) is 3.54. The van der Waals surface area contributed by atoms with E-state index in [1.807, 2.05) is 47.4 Å². The van der Waals surface area contributed by atoms with E-state index in [1.54, 1.807) is 33.1 Å². The van der Waals surface area contributed by atoms with Crippen LogP contribution in [0.4, 0.5) is 0 Å². The zero-order chi connectivity index (χ0) is 17.8. The van der Waals surface area contributed by atoms with Crippen LogP contribution in [-0.4, -0.2) is 37.9 Å². The van der Waals surface area contributed by atoms with E-state index in [2.05, 4.69) is 0 Å². The summed E-state index contributed by atoms with van der Waals surface area (Å²) < 4.78 is 16.1. The van der Waals surface area contributed by atoms with E-state index in [-0.39, 0.29) is 11.3 Å². The van der Waals surface area contributed by atoms with E-state index in [4.69, 9.17) is 14.2 Å². The van der Waals surface area contributed by atoms with Crippen LogP contribution in [0.15, 0.2) is 42.5 Å². The quantitative estimate of drug-likeness (QED) is 0.790. The lowest BCUT2D eigenvalue weighted by atomic mass is 10.1. The third-order valence-corrected chi connectivity index (χ3v) is 5.45. The molecular formula is C19H21NO4S. The molecular weight excluding hydrogens is 338 g/mol. The van der Waals surface area contributed by atoms with Gasteiger partial charge in [-0.15, -0.1) is 11.8 Å². The van der Waals surface area contributed by atoms with E-state index in [0.717, 1.165) is 16.9 Å². The highest BCUT2D eigenvalue weighted by Gasteiger charge is 2.33. The molecule has 5 nitrogen and oxygen atoms in total. The van der Waals surface area contributed by atoms with E-state index < -0.39 is 0 Å². The summed E-state index contributed by atoms with van der Waals surface area (Å²) in [5.41, 5.74) is 2.01. The van der Waals surface area contributed by atoms with E-state index in [0.29, 0.717) is 23.8 Å². The number of nitrogens with zero attached hydrogens (tertiary/aromatic N) is 1. The summed E-state index contributed by atoms with van der Waals surface area (Å²) >= 11 is 1.62. The fourth-order valence-corrected chi connectivity index (χ4v) is 4.10. The van der Waals surface area contributed by atoms with Gasteiger partial charge in [-0.3, -0.25) is 4.79 Å². The first kappa shape index (κ1) is 17.5. The Bertz CT molecular complexity index is 765. The molecule has 1 fully saturated rings. The van der Waals surface area contributed by atoms with Gasteiger partial charge in [-0.2, -0.15) is 0 Å². The predicted molar refractivity (Wildman–Crippen MR) is 98.3 cm³/mol. The minimum Gasteiger partial charge on any atom is -0.496 e. The number of methoxy groups -OCH3 is 3. The van der Waals surface area contributed by atoms with E-state index in [1.165, 1.54) is 0 Å². The van der Waals surface area contributed by atoms with Gasteiger partial charge in [-0.05, 0) is 23.8 Å². The van der Waals surface area contributed by atoms with Gasteiger partial charge in [0.2, 0.25) is 5.91 Å². The summed E-state index contributed by atoms with van der Waals surface area (Å²) in [6.07, 6.45) is 0. The second-order valence-corrected chi connectivity index (χ2v) is 6.68. The second-order valence-electron chi connectivity index (χ2n) is 5.61. The molecule has 1 atom stereocenters. The number of hydrogen-bond donors (Lipinski definition) is 0. The lowest BCUT2D eigenvalue weighted by molar-refractivity contribution is -0.128. The predicted octanol–water partition coefficient (Wildman–Crippen LogP) is 3.49. The van der Waals surface area contributed by atoms with Gasteiger partial charge >= 0.3 is 0 Å². The number of hydrogen-bond acceptors (Lipinski definition) is 5. The molecule has 0 bridgehead atoms. The van der Waals surface area contributed by atoms with Crippen LogP contribution in [0.25, 0.3) is 0 Å². The summed E-state index contributed by atoms with van der Waals surface area (Å²) in [6.45, 7) is 0.509. The van der Waals surface area contributed by atoms with Gasteiger partial charge in [0.1, 0.15) is 11.1 Å². The van der Waals surface area contributed by atoms with Gasteiger partial charge in [0.25, 0.3) is 0 Å². The minimum absolute atomic E-state index is 0.0581. The number of rotatable bonds is 6. The first-order valence-corrected chi connectivity index (χ1v) is 8.97. The van der Waals surface area contributed by atoms with Gasteiger partial charge < -0.3 is 19.1 Å². The number of benzene rings is 2. The van der Waals surface area contributed by atoms with Crippen LogP contribution in [0.1, 0.15) is 16.5 Å². The average molecular weight is 359 g/mol. The smallest absolute Gasteiger partial charge is 0.234 e. The van der Waals surface area contributed by atoms with Crippen LogP contribution < -0.4 is 14.2 Å². The first-order chi connectivity index (χ1) is 12.2. The van der Waals surface area contributed by atoms with Gasteiger partial charge in [0, 0.05) is 5.56 Å². The van der Waals surface area contributed by atoms with Crippen molar-refractivity contribution in [1.29, 1.82) is 0 Å². The summed E-state index contributed by atoms with van der Waals surface area (Å²) in [6, 6.07) is 13.6. The van der Waals surface area contributed by atoms with Gasteiger partial charge in [0.15, 0.2) is 11.5 Å². The van der Waals surface area contributed by atoms with Crippen LogP contribution in [0.5, 0.6) is 17.2 Å². The minimum atomic E-state index is -0.0581. The van der Waals surface area contributed by atoms with Gasteiger partial charge in [0.05, 0.1) is 33.6 Å². The standard InChI is InChI=1S/C19H21NO4S/c1-22-15-7-5-4-6-14(15)11-20-18(21)12-25-19(20)13-8-9-16(23-2)17(10-13)24-3/h4-10,19H,11-12H2,1-3H3. The van der Waals surface area contributed by atoms with E-state index in [9.17, 15) is 4.79 Å². The zero-order valence-corrected chi connectivity index (χ0v) is 15.3. The molecule has 0 N–H and O–H groups in total. The lowest BCUT2D eigenvalue weighted by Crippen LogP contribution is -2.27. The highest BCUT2D eigenvalue weighted by Crippen LogP contribution is 2.42. The van der Waals surface area contributed by atoms with E-state index >= 15 is 0 Å².